The molecule has 0 saturated heterocycles. The van der Waals surface area contributed by atoms with Crippen LogP contribution in [0.2, 0.25) is 0 Å². The van der Waals surface area contributed by atoms with E-state index in [0.717, 1.165) is 11.8 Å². The molecule has 13 heavy (non-hydrogen) atoms. The zero-order valence-electron chi connectivity index (χ0n) is 9.22. The van der Waals surface area contributed by atoms with Crippen molar-refractivity contribution in [3.05, 3.63) is 24.3 Å². The Hall–Kier alpha value is -0.520. The van der Waals surface area contributed by atoms with Crippen molar-refractivity contribution in [1.82, 2.24) is 0 Å². The minimum atomic E-state index is 0.381. The highest BCUT2D eigenvalue weighted by Gasteiger charge is 2.64. The van der Waals surface area contributed by atoms with E-state index in [-0.39, 0.29) is 0 Å². The van der Waals surface area contributed by atoms with Crippen LogP contribution in [0.1, 0.15) is 34.1 Å². The smallest absolute Gasteiger partial charge is 0.00491 e. The Kier molecular flexibility index (Phi) is 1.59. The topological polar surface area (TPSA) is 0 Å². The van der Waals surface area contributed by atoms with Crippen LogP contribution in [0.5, 0.6) is 0 Å². The van der Waals surface area contributed by atoms with Gasteiger partial charge in [-0.25, -0.2) is 0 Å². The molecule has 0 heteroatoms. The first-order chi connectivity index (χ1) is 5.95. The number of rotatable bonds is 2. The van der Waals surface area contributed by atoms with E-state index in [1.54, 1.807) is 0 Å². The highest BCUT2D eigenvalue weighted by molar-refractivity contribution is 5.41. The Morgan fingerprint density at radius 2 is 2.15 bits per heavy atom. The predicted octanol–water partition coefficient (Wildman–Crippen LogP) is 3.80. The molecule has 1 fully saturated rings. The Labute approximate surface area is 81.7 Å². The summed E-state index contributed by atoms with van der Waals surface area (Å²) < 4.78 is 0. The second-order valence-corrected chi connectivity index (χ2v) is 5.55. The minimum Gasteiger partial charge on any atom is -0.0988 e. The minimum absolute atomic E-state index is 0.381. The van der Waals surface area contributed by atoms with Gasteiger partial charge < -0.3 is 0 Å². The van der Waals surface area contributed by atoms with Crippen molar-refractivity contribution >= 4 is 0 Å². The van der Waals surface area contributed by atoms with Gasteiger partial charge in [-0.2, -0.15) is 0 Å². The molecule has 2 rings (SSSR count). The summed E-state index contributed by atoms with van der Waals surface area (Å²) in [5.74, 6) is 1.67. The molecule has 0 aliphatic heterocycles. The van der Waals surface area contributed by atoms with Crippen molar-refractivity contribution in [2.75, 3.05) is 0 Å². The van der Waals surface area contributed by atoms with Gasteiger partial charge in [0.1, 0.15) is 0 Å². The number of hydrogen-bond donors (Lipinski definition) is 0. The van der Waals surface area contributed by atoms with Crippen LogP contribution >= 0.6 is 0 Å². The second kappa shape index (κ2) is 2.29. The van der Waals surface area contributed by atoms with Crippen LogP contribution in [0.3, 0.4) is 0 Å². The van der Waals surface area contributed by atoms with Gasteiger partial charge in [-0.05, 0) is 34.7 Å². The molecule has 0 spiro atoms. The Bertz CT molecular complexity index is 280. The Morgan fingerprint density at radius 3 is 2.46 bits per heavy atom. The third-order valence-electron chi connectivity index (χ3n) is 4.38. The van der Waals surface area contributed by atoms with Crippen molar-refractivity contribution in [1.29, 1.82) is 0 Å². The van der Waals surface area contributed by atoms with Gasteiger partial charge in [-0.1, -0.05) is 46.4 Å². The highest BCUT2D eigenvalue weighted by Crippen LogP contribution is 2.72. The summed E-state index contributed by atoms with van der Waals surface area (Å²) >= 11 is 0. The maximum Gasteiger partial charge on any atom is -0.00491 e. The molecular formula is C13H20. The number of fused-ring (bicyclic) bond motifs is 1. The van der Waals surface area contributed by atoms with E-state index in [9.17, 15) is 0 Å². The summed E-state index contributed by atoms with van der Waals surface area (Å²) in [4.78, 5) is 0. The fourth-order valence-electron chi connectivity index (χ4n) is 3.18. The van der Waals surface area contributed by atoms with Gasteiger partial charge >= 0.3 is 0 Å². The molecule has 0 aromatic rings. The molecule has 0 amide bonds. The van der Waals surface area contributed by atoms with Gasteiger partial charge in [-0.15, -0.1) is 0 Å². The first-order valence-corrected chi connectivity index (χ1v) is 5.31. The molecule has 0 heterocycles. The van der Waals surface area contributed by atoms with Crippen molar-refractivity contribution < 1.29 is 0 Å². The van der Waals surface area contributed by atoms with Gasteiger partial charge in [0.25, 0.3) is 0 Å². The van der Waals surface area contributed by atoms with E-state index in [2.05, 4.69) is 46.4 Å². The average molecular weight is 176 g/mol. The Morgan fingerprint density at radius 1 is 1.54 bits per heavy atom. The van der Waals surface area contributed by atoms with Gasteiger partial charge in [0.05, 0.1) is 0 Å². The standard InChI is InChI=1S/C13H20/c1-6-10-7-13(9(2)3)8-11(13)12(10,4)5/h6-7,9,11H,1,8H2,2-5H3/t11?,13-/m1/s1. The maximum atomic E-state index is 3.92. The largest absolute Gasteiger partial charge is 0.0988 e. The molecule has 1 unspecified atom stereocenters. The lowest BCUT2D eigenvalue weighted by Crippen LogP contribution is -2.15. The molecule has 2 aliphatic rings. The Balaban J connectivity index is 2.37. The quantitative estimate of drug-likeness (QED) is 0.600. The summed E-state index contributed by atoms with van der Waals surface area (Å²) in [6.07, 6.45) is 5.95. The van der Waals surface area contributed by atoms with E-state index in [0.29, 0.717) is 10.8 Å². The fourth-order valence-corrected chi connectivity index (χ4v) is 3.18. The summed E-state index contributed by atoms with van der Waals surface area (Å²) in [7, 11) is 0. The molecule has 0 radical (unpaired) electrons. The van der Waals surface area contributed by atoms with Crippen LogP contribution in [0, 0.1) is 22.7 Å². The molecular weight excluding hydrogens is 156 g/mol. The molecule has 0 bridgehead atoms. The van der Waals surface area contributed by atoms with E-state index in [1.165, 1.54) is 12.0 Å². The lowest BCUT2D eigenvalue weighted by atomic mass is 9.81. The van der Waals surface area contributed by atoms with E-state index < -0.39 is 0 Å². The average Bonchev–Trinajstić information content (AvgIpc) is 2.71. The molecule has 0 aromatic carbocycles. The monoisotopic (exact) mass is 176 g/mol. The van der Waals surface area contributed by atoms with E-state index in [1.807, 2.05) is 0 Å². The third-order valence-corrected chi connectivity index (χ3v) is 4.38. The highest BCUT2D eigenvalue weighted by atomic mass is 14.7. The molecule has 1 saturated carbocycles. The van der Waals surface area contributed by atoms with Gasteiger partial charge in [0.15, 0.2) is 0 Å². The zero-order chi connectivity index (χ0) is 9.85. The fraction of sp³-hybridized carbons (Fsp3) is 0.692. The van der Waals surface area contributed by atoms with Crippen LogP contribution in [0.15, 0.2) is 24.3 Å². The molecule has 0 aromatic heterocycles. The lowest BCUT2D eigenvalue weighted by Gasteiger charge is -2.22. The summed E-state index contributed by atoms with van der Waals surface area (Å²) in [6.45, 7) is 13.3. The van der Waals surface area contributed by atoms with Gasteiger partial charge in [0, 0.05) is 0 Å². The number of hydrogen-bond acceptors (Lipinski definition) is 0. The van der Waals surface area contributed by atoms with Gasteiger partial charge in [0.2, 0.25) is 0 Å². The van der Waals surface area contributed by atoms with Crippen molar-refractivity contribution in [3.8, 4) is 0 Å². The molecule has 72 valence electrons. The summed E-state index contributed by atoms with van der Waals surface area (Å²) in [5, 5.41) is 0. The normalized spacial score (nSPS) is 40.1. The van der Waals surface area contributed by atoms with E-state index in [4.69, 9.17) is 0 Å². The predicted molar refractivity (Wildman–Crippen MR) is 57.4 cm³/mol. The molecule has 0 N–H and O–H groups in total. The van der Waals surface area contributed by atoms with Crippen LogP contribution in [0.4, 0.5) is 0 Å². The van der Waals surface area contributed by atoms with Crippen molar-refractivity contribution in [2.45, 2.75) is 34.1 Å². The molecule has 0 nitrogen and oxygen atoms in total. The SMILES string of the molecule is C=CC1=C[C@]2(C(C)C)CC2C1(C)C. The summed E-state index contributed by atoms with van der Waals surface area (Å²) in [6, 6.07) is 0. The molecule has 2 atom stereocenters. The van der Waals surface area contributed by atoms with Crippen LogP contribution in [-0.4, -0.2) is 0 Å². The molecule has 2 aliphatic carbocycles. The van der Waals surface area contributed by atoms with Crippen LogP contribution in [-0.2, 0) is 0 Å². The van der Waals surface area contributed by atoms with Crippen molar-refractivity contribution in [3.63, 3.8) is 0 Å². The van der Waals surface area contributed by atoms with Crippen molar-refractivity contribution in [2.24, 2.45) is 22.7 Å². The second-order valence-electron chi connectivity index (χ2n) is 5.55. The van der Waals surface area contributed by atoms with E-state index >= 15 is 0 Å². The first kappa shape index (κ1) is 9.05. The zero-order valence-corrected chi connectivity index (χ0v) is 9.22. The number of allylic oxidation sites excluding steroid dienone is 3. The van der Waals surface area contributed by atoms with Gasteiger partial charge in [-0.3, -0.25) is 0 Å². The van der Waals surface area contributed by atoms with Crippen LogP contribution < -0.4 is 0 Å². The van der Waals surface area contributed by atoms with Crippen LogP contribution in [0.25, 0.3) is 0 Å². The maximum absolute atomic E-state index is 3.92. The lowest BCUT2D eigenvalue weighted by molar-refractivity contribution is 0.329. The first-order valence-electron chi connectivity index (χ1n) is 5.31. The third kappa shape index (κ3) is 0.920. The summed E-state index contributed by atoms with van der Waals surface area (Å²) in [5.41, 5.74) is 2.39.